The summed E-state index contributed by atoms with van der Waals surface area (Å²) in [6, 6.07) is 11.3. The van der Waals surface area contributed by atoms with E-state index < -0.39 is 5.97 Å². The van der Waals surface area contributed by atoms with Gasteiger partial charge >= 0.3 is 5.97 Å². The minimum atomic E-state index is -1.01. The third-order valence-electron chi connectivity index (χ3n) is 3.38. The van der Waals surface area contributed by atoms with Crippen LogP contribution in [0.2, 0.25) is 0 Å². The van der Waals surface area contributed by atoms with E-state index in [1.807, 2.05) is 43.3 Å². The van der Waals surface area contributed by atoms with Gasteiger partial charge in [0.25, 0.3) is 0 Å². The Morgan fingerprint density at radius 1 is 1.20 bits per heavy atom. The number of carbonyl (C=O) groups is 1. The molecule has 0 amide bonds. The molecule has 4 nitrogen and oxygen atoms in total. The van der Waals surface area contributed by atoms with Gasteiger partial charge in [0, 0.05) is 10.8 Å². The first kappa shape index (κ1) is 12.4. The van der Waals surface area contributed by atoms with Crippen LogP contribution in [0.5, 0.6) is 5.75 Å². The average Bonchev–Trinajstić information content (AvgIpc) is 2.43. The van der Waals surface area contributed by atoms with Crippen molar-refractivity contribution in [2.45, 2.75) is 6.92 Å². The van der Waals surface area contributed by atoms with Crippen LogP contribution in [0.25, 0.3) is 21.8 Å². The number of ether oxygens (including phenoxy) is 1. The van der Waals surface area contributed by atoms with Gasteiger partial charge in [0.05, 0.1) is 18.1 Å². The highest BCUT2D eigenvalue weighted by molar-refractivity contribution is 6.08. The maximum Gasteiger partial charge on any atom is 0.340 e. The van der Waals surface area contributed by atoms with Crippen molar-refractivity contribution in [3.05, 3.63) is 47.5 Å². The van der Waals surface area contributed by atoms with Crippen LogP contribution in [-0.4, -0.2) is 23.2 Å². The number of benzene rings is 2. The summed E-state index contributed by atoms with van der Waals surface area (Å²) >= 11 is 0. The van der Waals surface area contributed by atoms with E-state index in [4.69, 9.17) is 4.74 Å². The Labute approximate surface area is 115 Å². The van der Waals surface area contributed by atoms with Gasteiger partial charge in [-0.2, -0.15) is 0 Å². The molecule has 0 saturated carbocycles. The molecule has 2 aromatic carbocycles. The number of aryl methyl sites for hydroxylation is 1. The summed E-state index contributed by atoms with van der Waals surface area (Å²) in [5, 5.41) is 11.0. The molecule has 100 valence electrons. The Balaban J connectivity index is 2.51. The number of aromatic nitrogens is 1. The summed E-state index contributed by atoms with van der Waals surface area (Å²) in [7, 11) is 1.48. The molecule has 3 rings (SSSR count). The Bertz CT molecular complexity index is 840. The van der Waals surface area contributed by atoms with E-state index in [9.17, 15) is 9.90 Å². The molecule has 0 fully saturated rings. The molecular formula is C16H13NO3. The van der Waals surface area contributed by atoms with Crippen molar-refractivity contribution in [2.75, 3.05) is 7.11 Å². The lowest BCUT2D eigenvalue weighted by Gasteiger charge is -2.12. The van der Waals surface area contributed by atoms with Crippen LogP contribution in [0, 0.1) is 6.92 Å². The molecule has 0 aliphatic heterocycles. The molecule has 3 aromatic rings. The fraction of sp³-hybridized carbons (Fsp3) is 0.125. The number of para-hydroxylation sites is 1. The Morgan fingerprint density at radius 2 is 1.95 bits per heavy atom. The van der Waals surface area contributed by atoms with Gasteiger partial charge in [0.1, 0.15) is 11.3 Å². The lowest BCUT2D eigenvalue weighted by atomic mass is 10.0. The van der Waals surface area contributed by atoms with Gasteiger partial charge in [0.15, 0.2) is 0 Å². The first-order valence-corrected chi connectivity index (χ1v) is 6.22. The molecule has 0 aliphatic carbocycles. The van der Waals surface area contributed by atoms with E-state index in [1.54, 1.807) is 0 Å². The van der Waals surface area contributed by atoms with Crippen LogP contribution >= 0.6 is 0 Å². The summed E-state index contributed by atoms with van der Waals surface area (Å²) in [6.45, 7) is 1.82. The van der Waals surface area contributed by atoms with Gasteiger partial charge in [-0.1, -0.05) is 18.2 Å². The number of hydrogen-bond donors (Lipinski definition) is 1. The normalized spacial score (nSPS) is 10.9. The molecule has 0 atom stereocenters. The quantitative estimate of drug-likeness (QED) is 0.723. The van der Waals surface area contributed by atoms with Gasteiger partial charge in [0.2, 0.25) is 0 Å². The van der Waals surface area contributed by atoms with Gasteiger partial charge < -0.3 is 9.84 Å². The zero-order valence-corrected chi connectivity index (χ0v) is 11.2. The molecule has 0 saturated heterocycles. The minimum absolute atomic E-state index is 0.167. The van der Waals surface area contributed by atoms with Gasteiger partial charge in [-0.15, -0.1) is 0 Å². The predicted molar refractivity (Wildman–Crippen MR) is 77.5 cm³/mol. The van der Waals surface area contributed by atoms with Crippen molar-refractivity contribution in [1.82, 2.24) is 4.98 Å². The first-order valence-electron chi connectivity index (χ1n) is 6.22. The highest BCUT2D eigenvalue weighted by Gasteiger charge is 2.19. The molecular weight excluding hydrogens is 254 g/mol. The minimum Gasteiger partial charge on any atom is -0.496 e. The van der Waals surface area contributed by atoms with Crippen molar-refractivity contribution in [1.29, 1.82) is 0 Å². The van der Waals surface area contributed by atoms with Crippen molar-refractivity contribution in [2.24, 2.45) is 0 Å². The number of pyridine rings is 1. The van der Waals surface area contributed by atoms with Crippen molar-refractivity contribution < 1.29 is 14.6 Å². The molecule has 1 heterocycles. The molecule has 4 heteroatoms. The molecule has 0 radical (unpaired) electrons. The summed E-state index contributed by atoms with van der Waals surface area (Å²) in [4.78, 5) is 16.1. The highest BCUT2D eigenvalue weighted by Crippen LogP contribution is 2.32. The largest absolute Gasteiger partial charge is 0.496 e. The van der Waals surface area contributed by atoms with Gasteiger partial charge in [-0.3, -0.25) is 0 Å². The monoisotopic (exact) mass is 267 g/mol. The average molecular weight is 267 g/mol. The van der Waals surface area contributed by atoms with Crippen molar-refractivity contribution >= 4 is 27.8 Å². The van der Waals surface area contributed by atoms with E-state index >= 15 is 0 Å². The number of rotatable bonds is 2. The third kappa shape index (κ3) is 1.77. The second-order valence-electron chi connectivity index (χ2n) is 4.65. The maximum absolute atomic E-state index is 11.6. The van der Waals surface area contributed by atoms with Crippen molar-refractivity contribution in [3.8, 4) is 5.75 Å². The Morgan fingerprint density at radius 3 is 2.65 bits per heavy atom. The van der Waals surface area contributed by atoms with Crippen molar-refractivity contribution in [3.63, 3.8) is 0 Å². The first-order chi connectivity index (χ1) is 9.61. The van der Waals surface area contributed by atoms with E-state index in [0.29, 0.717) is 16.7 Å². The van der Waals surface area contributed by atoms with Crippen LogP contribution in [0.15, 0.2) is 36.4 Å². The second-order valence-corrected chi connectivity index (χ2v) is 4.65. The van der Waals surface area contributed by atoms with Crippen LogP contribution in [-0.2, 0) is 0 Å². The van der Waals surface area contributed by atoms with Gasteiger partial charge in [-0.05, 0) is 30.7 Å². The Hall–Kier alpha value is -2.62. The molecule has 1 aromatic heterocycles. The molecule has 0 spiro atoms. The summed E-state index contributed by atoms with van der Waals surface area (Å²) in [5.41, 5.74) is 2.45. The lowest BCUT2D eigenvalue weighted by molar-refractivity contribution is 0.0695. The van der Waals surface area contributed by atoms with Crippen LogP contribution < -0.4 is 4.74 Å². The standard InChI is InChI=1S/C16H13NO3/c1-9-7-13-11(14(16(18)19)15(9)20-2)8-10-5-3-4-6-12(10)17-13/h3-8H,1-2H3,(H,18,19). The number of carboxylic acids is 1. The maximum atomic E-state index is 11.6. The number of aromatic carboxylic acids is 1. The summed E-state index contributed by atoms with van der Waals surface area (Å²) in [5.74, 6) is -0.616. The SMILES string of the molecule is COc1c(C)cc2nc3ccccc3cc2c1C(=O)O. The van der Waals surface area contributed by atoms with Gasteiger partial charge in [-0.25, -0.2) is 9.78 Å². The summed E-state index contributed by atoms with van der Waals surface area (Å²) < 4.78 is 5.25. The third-order valence-corrected chi connectivity index (χ3v) is 3.38. The highest BCUT2D eigenvalue weighted by atomic mass is 16.5. The second kappa shape index (κ2) is 4.49. The molecule has 1 N–H and O–H groups in total. The molecule has 20 heavy (non-hydrogen) atoms. The molecule has 0 unspecified atom stereocenters. The zero-order valence-electron chi connectivity index (χ0n) is 11.2. The molecule has 0 aliphatic rings. The molecule has 0 bridgehead atoms. The fourth-order valence-corrected chi connectivity index (χ4v) is 2.51. The lowest BCUT2D eigenvalue weighted by Crippen LogP contribution is -2.04. The van der Waals surface area contributed by atoms with E-state index in [2.05, 4.69) is 4.98 Å². The van der Waals surface area contributed by atoms with E-state index in [-0.39, 0.29) is 5.56 Å². The number of fused-ring (bicyclic) bond motifs is 2. The number of hydrogen-bond acceptors (Lipinski definition) is 3. The van der Waals surface area contributed by atoms with Crippen LogP contribution in [0.1, 0.15) is 15.9 Å². The zero-order chi connectivity index (χ0) is 14.3. The summed E-state index contributed by atoms with van der Waals surface area (Å²) in [6.07, 6.45) is 0. The van der Waals surface area contributed by atoms with E-state index in [1.165, 1.54) is 7.11 Å². The predicted octanol–water partition coefficient (Wildman–Crippen LogP) is 3.40. The van der Waals surface area contributed by atoms with Crippen LogP contribution in [0.4, 0.5) is 0 Å². The number of nitrogens with zero attached hydrogens (tertiary/aromatic N) is 1. The number of methoxy groups -OCH3 is 1. The number of carboxylic acid groups (broad SMARTS) is 1. The Kier molecular flexibility index (Phi) is 2.79. The van der Waals surface area contributed by atoms with Crippen LogP contribution in [0.3, 0.4) is 0 Å². The smallest absolute Gasteiger partial charge is 0.340 e. The fourth-order valence-electron chi connectivity index (χ4n) is 2.51. The van der Waals surface area contributed by atoms with E-state index in [0.717, 1.165) is 16.5 Å². The topological polar surface area (TPSA) is 59.4 Å².